The summed E-state index contributed by atoms with van der Waals surface area (Å²) in [6.07, 6.45) is 0.0760. The molecule has 3 heterocycles. The lowest BCUT2D eigenvalue weighted by Gasteiger charge is -2.33. The average Bonchev–Trinajstić information content (AvgIpc) is 3.24. The number of aromatic amines is 1. The summed E-state index contributed by atoms with van der Waals surface area (Å²) in [7, 11) is 2.06. The molecule has 0 radical (unpaired) electrons. The Morgan fingerprint density at radius 2 is 2.16 bits per heavy atom. The van der Waals surface area contributed by atoms with Crippen LogP contribution < -0.4 is 5.32 Å². The second-order valence-electron chi connectivity index (χ2n) is 6.71. The number of morpholine rings is 1. The van der Waals surface area contributed by atoms with Gasteiger partial charge < -0.3 is 19.9 Å². The molecular weight excluding hydrogens is 320 g/mol. The average molecular weight is 342 g/mol. The smallest absolute Gasteiger partial charge is 0.268 e. The van der Waals surface area contributed by atoms with Crippen molar-refractivity contribution in [3.63, 3.8) is 0 Å². The van der Waals surface area contributed by atoms with Gasteiger partial charge in [0.1, 0.15) is 5.69 Å². The van der Waals surface area contributed by atoms with Gasteiger partial charge in [0, 0.05) is 30.5 Å². The van der Waals surface area contributed by atoms with Gasteiger partial charge in [0.2, 0.25) is 5.91 Å². The number of hydrogen-bond acceptors (Lipinski definition) is 4. The number of likely N-dealkylation sites (tertiary alicyclic amines) is 1. The molecule has 132 valence electrons. The Kier molecular flexibility index (Phi) is 4.19. The highest BCUT2D eigenvalue weighted by Gasteiger charge is 2.40. The predicted octanol–water partition coefficient (Wildman–Crippen LogP) is 0.439. The summed E-state index contributed by atoms with van der Waals surface area (Å²) in [5, 5.41) is 3.69. The molecule has 1 aromatic carbocycles. The van der Waals surface area contributed by atoms with Crippen LogP contribution in [0.25, 0.3) is 10.9 Å². The highest BCUT2D eigenvalue weighted by Crippen LogP contribution is 2.21. The van der Waals surface area contributed by atoms with Gasteiger partial charge in [-0.2, -0.15) is 0 Å². The standard InChI is InChI=1S/C18H22N4O3/c1-21-6-7-25-16-11-22(10-15(16)21)17(23)9-19-18(24)14-8-12-4-2-3-5-13(12)20-14/h2-5,8,15-16,20H,6-7,9-11H2,1H3,(H,19,24). The molecule has 7 nitrogen and oxygen atoms in total. The van der Waals surface area contributed by atoms with E-state index in [2.05, 4.69) is 22.2 Å². The van der Waals surface area contributed by atoms with Crippen LogP contribution in [-0.4, -0.2) is 78.6 Å². The van der Waals surface area contributed by atoms with Gasteiger partial charge in [0.25, 0.3) is 5.91 Å². The van der Waals surface area contributed by atoms with E-state index in [1.807, 2.05) is 24.3 Å². The maximum Gasteiger partial charge on any atom is 0.268 e. The van der Waals surface area contributed by atoms with Crippen molar-refractivity contribution in [1.82, 2.24) is 20.1 Å². The SMILES string of the molecule is CN1CCOC2CN(C(=O)CNC(=O)c3cc4ccccc4[nH]3)CC21. The first-order chi connectivity index (χ1) is 12.1. The van der Waals surface area contributed by atoms with Crippen LogP contribution in [0.4, 0.5) is 0 Å². The number of carbonyl (C=O) groups is 2. The first-order valence-electron chi connectivity index (χ1n) is 8.57. The summed E-state index contributed by atoms with van der Waals surface area (Å²) >= 11 is 0. The Morgan fingerprint density at radius 1 is 1.32 bits per heavy atom. The minimum absolute atomic E-state index is 0.00263. The van der Waals surface area contributed by atoms with Gasteiger partial charge in [-0.3, -0.25) is 14.5 Å². The quantitative estimate of drug-likeness (QED) is 0.848. The molecule has 4 rings (SSSR count). The van der Waals surface area contributed by atoms with Crippen molar-refractivity contribution in [2.45, 2.75) is 12.1 Å². The van der Waals surface area contributed by atoms with Gasteiger partial charge in [-0.1, -0.05) is 18.2 Å². The molecule has 25 heavy (non-hydrogen) atoms. The summed E-state index contributed by atoms with van der Waals surface area (Å²) in [6.45, 7) is 2.84. The van der Waals surface area contributed by atoms with E-state index in [4.69, 9.17) is 4.74 Å². The zero-order valence-electron chi connectivity index (χ0n) is 14.2. The molecular formula is C18H22N4O3. The normalized spacial score (nSPS) is 23.6. The number of carbonyl (C=O) groups excluding carboxylic acids is 2. The Bertz CT molecular complexity index is 769. The third kappa shape index (κ3) is 3.12. The summed E-state index contributed by atoms with van der Waals surface area (Å²) in [5.41, 5.74) is 1.37. The molecule has 7 heteroatoms. The van der Waals surface area contributed by atoms with Crippen molar-refractivity contribution in [2.24, 2.45) is 0 Å². The molecule has 2 atom stereocenters. The molecule has 2 amide bonds. The Labute approximate surface area is 145 Å². The van der Waals surface area contributed by atoms with E-state index in [9.17, 15) is 9.59 Å². The lowest BCUT2D eigenvalue weighted by Crippen LogP contribution is -2.48. The van der Waals surface area contributed by atoms with E-state index in [1.54, 1.807) is 11.0 Å². The van der Waals surface area contributed by atoms with Crippen LogP contribution in [0.1, 0.15) is 10.5 Å². The molecule has 2 aliphatic rings. The second kappa shape index (κ2) is 6.50. The van der Waals surface area contributed by atoms with Crippen molar-refractivity contribution in [2.75, 3.05) is 39.8 Å². The van der Waals surface area contributed by atoms with Crippen LogP contribution in [0.3, 0.4) is 0 Å². The molecule has 2 saturated heterocycles. The number of ether oxygens (including phenoxy) is 1. The van der Waals surface area contributed by atoms with Crippen LogP contribution in [0.15, 0.2) is 30.3 Å². The Hall–Kier alpha value is -2.38. The van der Waals surface area contributed by atoms with Gasteiger partial charge in [0.05, 0.1) is 25.3 Å². The number of fused-ring (bicyclic) bond motifs is 2. The van der Waals surface area contributed by atoms with Crippen molar-refractivity contribution < 1.29 is 14.3 Å². The minimum Gasteiger partial charge on any atom is -0.373 e. The number of nitrogens with zero attached hydrogens (tertiary/aromatic N) is 2. The largest absolute Gasteiger partial charge is 0.373 e. The lowest BCUT2D eigenvalue weighted by atomic mass is 10.1. The fourth-order valence-corrected chi connectivity index (χ4v) is 3.62. The number of para-hydroxylation sites is 1. The number of rotatable bonds is 3. The Balaban J connectivity index is 1.35. The molecule has 2 fully saturated rings. The van der Waals surface area contributed by atoms with E-state index in [-0.39, 0.29) is 30.5 Å². The van der Waals surface area contributed by atoms with Crippen molar-refractivity contribution in [3.05, 3.63) is 36.0 Å². The topological polar surface area (TPSA) is 77.7 Å². The van der Waals surface area contributed by atoms with Crippen LogP contribution in [-0.2, 0) is 9.53 Å². The van der Waals surface area contributed by atoms with Crippen LogP contribution in [0.2, 0.25) is 0 Å². The first kappa shape index (κ1) is 16.1. The maximum atomic E-state index is 12.4. The first-order valence-corrected chi connectivity index (χ1v) is 8.57. The summed E-state index contributed by atoms with van der Waals surface area (Å²) in [6, 6.07) is 9.74. The Morgan fingerprint density at radius 3 is 2.96 bits per heavy atom. The third-order valence-corrected chi connectivity index (χ3v) is 5.11. The number of amides is 2. The number of hydrogen-bond donors (Lipinski definition) is 2. The van der Waals surface area contributed by atoms with E-state index in [0.29, 0.717) is 25.4 Å². The number of aromatic nitrogens is 1. The van der Waals surface area contributed by atoms with Gasteiger partial charge in [-0.05, 0) is 19.2 Å². The van der Waals surface area contributed by atoms with Gasteiger partial charge in [0.15, 0.2) is 0 Å². The molecule has 0 aliphatic carbocycles. The van der Waals surface area contributed by atoms with Crippen LogP contribution in [0.5, 0.6) is 0 Å². The summed E-state index contributed by atoms with van der Waals surface area (Å²) in [4.78, 5) is 31.8. The summed E-state index contributed by atoms with van der Waals surface area (Å²) in [5.74, 6) is -0.342. The zero-order chi connectivity index (χ0) is 17.4. The number of benzene rings is 1. The van der Waals surface area contributed by atoms with Crippen molar-refractivity contribution in [3.8, 4) is 0 Å². The third-order valence-electron chi connectivity index (χ3n) is 5.11. The molecule has 2 unspecified atom stereocenters. The highest BCUT2D eigenvalue weighted by atomic mass is 16.5. The summed E-state index contributed by atoms with van der Waals surface area (Å²) < 4.78 is 5.75. The van der Waals surface area contributed by atoms with E-state index in [0.717, 1.165) is 17.4 Å². The van der Waals surface area contributed by atoms with Gasteiger partial charge >= 0.3 is 0 Å². The maximum absolute atomic E-state index is 12.4. The fourth-order valence-electron chi connectivity index (χ4n) is 3.62. The highest BCUT2D eigenvalue weighted by molar-refractivity contribution is 5.99. The number of likely N-dealkylation sites (N-methyl/N-ethyl adjacent to an activating group) is 1. The molecule has 2 aliphatic heterocycles. The number of H-pyrrole nitrogens is 1. The van der Waals surface area contributed by atoms with Crippen LogP contribution >= 0.6 is 0 Å². The lowest BCUT2D eigenvalue weighted by molar-refractivity contribution is -0.129. The molecule has 0 bridgehead atoms. The van der Waals surface area contributed by atoms with Crippen LogP contribution in [0, 0.1) is 0 Å². The van der Waals surface area contributed by atoms with Gasteiger partial charge in [-0.15, -0.1) is 0 Å². The van der Waals surface area contributed by atoms with E-state index >= 15 is 0 Å². The molecule has 2 aromatic rings. The fraction of sp³-hybridized carbons (Fsp3) is 0.444. The monoisotopic (exact) mass is 342 g/mol. The van der Waals surface area contributed by atoms with Crippen molar-refractivity contribution >= 4 is 22.7 Å². The van der Waals surface area contributed by atoms with E-state index < -0.39 is 0 Å². The van der Waals surface area contributed by atoms with Crippen molar-refractivity contribution in [1.29, 1.82) is 0 Å². The molecule has 0 saturated carbocycles. The zero-order valence-corrected chi connectivity index (χ0v) is 14.2. The minimum atomic E-state index is -0.269. The molecule has 1 aromatic heterocycles. The predicted molar refractivity (Wildman–Crippen MR) is 93.4 cm³/mol. The second-order valence-corrected chi connectivity index (χ2v) is 6.71. The molecule has 2 N–H and O–H groups in total. The molecule has 0 spiro atoms. The van der Waals surface area contributed by atoms with Gasteiger partial charge in [-0.25, -0.2) is 0 Å². The number of nitrogens with one attached hydrogen (secondary N) is 2. The van der Waals surface area contributed by atoms with E-state index in [1.165, 1.54) is 0 Å².